The van der Waals surface area contributed by atoms with Crippen LogP contribution in [0.1, 0.15) is 15.9 Å². The normalized spacial score (nSPS) is 10.9. The number of esters is 1. The molecule has 6 nitrogen and oxygen atoms in total. The van der Waals surface area contributed by atoms with Gasteiger partial charge in [-0.1, -0.05) is 29.8 Å². The zero-order valence-electron chi connectivity index (χ0n) is 12.6. The summed E-state index contributed by atoms with van der Waals surface area (Å²) in [6.07, 6.45) is 0. The van der Waals surface area contributed by atoms with Crippen LogP contribution in [-0.4, -0.2) is 26.7 Å². The lowest BCUT2D eigenvalue weighted by atomic mass is 10.2. The fourth-order valence-electron chi connectivity index (χ4n) is 1.88. The Morgan fingerprint density at radius 3 is 2.22 bits per heavy atom. The predicted molar refractivity (Wildman–Crippen MR) is 85.2 cm³/mol. The van der Waals surface area contributed by atoms with Crippen LogP contribution in [0.15, 0.2) is 53.4 Å². The lowest BCUT2D eigenvalue weighted by molar-refractivity contribution is 0.0602. The molecule has 0 aliphatic heterocycles. The van der Waals surface area contributed by atoms with Gasteiger partial charge in [0.15, 0.2) is 0 Å². The minimum absolute atomic E-state index is 0.0695. The van der Waals surface area contributed by atoms with E-state index in [1.165, 1.54) is 31.4 Å². The number of sulfone groups is 1. The highest BCUT2D eigenvalue weighted by molar-refractivity contribution is 8.06. The Bertz CT molecular complexity index is 841. The Kier molecular flexibility index (Phi) is 4.80. The van der Waals surface area contributed by atoms with E-state index in [9.17, 15) is 18.0 Å². The highest BCUT2D eigenvalue weighted by Crippen LogP contribution is 2.19. The number of anilines is 1. The molecule has 23 heavy (non-hydrogen) atoms. The van der Waals surface area contributed by atoms with Crippen LogP contribution in [0.4, 0.5) is 10.5 Å². The third-order valence-electron chi connectivity index (χ3n) is 3.14. The number of benzene rings is 2. The summed E-state index contributed by atoms with van der Waals surface area (Å²) >= 11 is 0. The number of para-hydroxylation sites is 1. The summed E-state index contributed by atoms with van der Waals surface area (Å²) < 4.78 is 29.1. The van der Waals surface area contributed by atoms with E-state index < -0.39 is 21.0 Å². The van der Waals surface area contributed by atoms with Crippen LogP contribution < -0.4 is 5.32 Å². The first-order valence-corrected chi connectivity index (χ1v) is 8.14. The first-order chi connectivity index (χ1) is 10.9. The number of aryl methyl sites for hydroxylation is 1. The summed E-state index contributed by atoms with van der Waals surface area (Å²) in [5.74, 6) is -0.673. The van der Waals surface area contributed by atoms with Crippen molar-refractivity contribution in [2.45, 2.75) is 11.8 Å². The molecule has 2 rings (SSSR count). The molecular formula is C16H15NO5S. The van der Waals surface area contributed by atoms with Crippen LogP contribution in [0.2, 0.25) is 0 Å². The Morgan fingerprint density at radius 1 is 1.00 bits per heavy atom. The molecule has 0 atom stereocenters. The first kappa shape index (κ1) is 16.7. The van der Waals surface area contributed by atoms with Gasteiger partial charge < -0.3 is 10.1 Å². The van der Waals surface area contributed by atoms with Crippen molar-refractivity contribution in [3.05, 3.63) is 59.7 Å². The molecule has 0 saturated carbocycles. The second-order valence-corrected chi connectivity index (χ2v) is 6.62. The van der Waals surface area contributed by atoms with Gasteiger partial charge in [-0.15, -0.1) is 0 Å². The molecule has 2 aromatic rings. The van der Waals surface area contributed by atoms with E-state index in [1.807, 2.05) is 6.92 Å². The van der Waals surface area contributed by atoms with Gasteiger partial charge in [0.1, 0.15) is 0 Å². The zero-order valence-corrected chi connectivity index (χ0v) is 13.4. The van der Waals surface area contributed by atoms with Crippen LogP contribution in [0, 0.1) is 6.92 Å². The topological polar surface area (TPSA) is 89.5 Å². The molecule has 0 spiro atoms. The molecule has 0 aliphatic rings. The minimum atomic E-state index is -4.21. The van der Waals surface area contributed by atoms with Gasteiger partial charge in [-0.2, -0.15) is 0 Å². The molecule has 0 heterocycles. The molecule has 0 saturated heterocycles. The molecule has 1 amide bonds. The van der Waals surface area contributed by atoms with E-state index in [-0.39, 0.29) is 16.1 Å². The molecule has 0 unspecified atom stereocenters. The number of rotatable bonds is 3. The maximum absolute atomic E-state index is 12.3. The summed E-state index contributed by atoms with van der Waals surface area (Å²) in [7, 11) is -3.01. The Labute approximate surface area is 134 Å². The summed E-state index contributed by atoms with van der Waals surface area (Å²) in [4.78, 5) is 23.7. The molecule has 7 heteroatoms. The van der Waals surface area contributed by atoms with Gasteiger partial charge in [-0.05, 0) is 31.2 Å². The van der Waals surface area contributed by atoms with E-state index in [0.29, 0.717) is 0 Å². The number of methoxy groups -OCH3 is 1. The Balaban J connectivity index is 2.32. The van der Waals surface area contributed by atoms with E-state index >= 15 is 0 Å². The predicted octanol–water partition coefficient (Wildman–Crippen LogP) is 2.79. The van der Waals surface area contributed by atoms with Crippen molar-refractivity contribution in [1.82, 2.24) is 0 Å². The second kappa shape index (κ2) is 6.62. The molecule has 0 aliphatic carbocycles. The number of carbonyl (C=O) groups is 2. The maximum Gasteiger partial charge on any atom is 0.345 e. The Hall–Kier alpha value is -2.67. The standard InChI is InChI=1S/C16H15NO5S/c1-11-7-9-12(10-8-11)23(20,21)16(19)17-14-6-4-3-5-13(14)15(18)22-2/h3-10H,1-2H3,(H,17,19). The van der Waals surface area contributed by atoms with Crippen molar-refractivity contribution in [3.63, 3.8) is 0 Å². The highest BCUT2D eigenvalue weighted by Gasteiger charge is 2.26. The number of nitrogens with one attached hydrogen (secondary N) is 1. The minimum Gasteiger partial charge on any atom is -0.465 e. The van der Waals surface area contributed by atoms with Gasteiger partial charge in [0.05, 0.1) is 23.3 Å². The lowest BCUT2D eigenvalue weighted by Crippen LogP contribution is -2.23. The lowest BCUT2D eigenvalue weighted by Gasteiger charge is -2.10. The van der Waals surface area contributed by atoms with Gasteiger partial charge in [0, 0.05) is 0 Å². The maximum atomic E-state index is 12.3. The van der Waals surface area contributed by atoms with Crippen molar-refractivity contribution < 1.29 is 22.7 Å². The van der Waals surface area contributed by atoms with E-state index in [2.05, 4.69) is 10.1 Å². The molecule has 0 fully saturated rings. The van der Waals surface area contributed by atoms with E-state index in [4.69, 9.17) is 0 Å². The van der Waals surface area contributed by atoms with E-state index in [1.54, 1.807) is 24.3 Å². The quantitative estimate of drug-likeness (QED) is 0.872. The molecular weight excluding hydrogens is 318 g/mol. The van der Waals surface area contributed by atoms with Gasteiger partial charge in [0.25, 0.3) is 9.84 Å². The van der Waals surface area contributed by atoms with Crippen molar-refractivity contribution in [2.24, 2.45) is 0 Å². The molecule has 0 radical (unpaired) electrons. The SMILES string of the molecule is COC(=O)c1ccccc1NC(=O)S(=O)(=O)c1ccc(C)cc1. The number of carbonyl (C=O) groups excluding carboxylic acids is 2. The van der Waals surface area contributed by atoms with E-state index in [0.717, 1.165) is 5.56 Å². The fraction of sp³-hybridized carbons (Fsp3) is 0.125. The van der Waals surface area contributed by atoms with Gasteiger partial charge >= 0.3 is 11.2 Å². The van der Waals surface area contributed by atoms with Crippen molar-refractivity contribution in [2.75, 3.05) is 12.4 Å². The number of amides is 1. The summed E-state index contributed by atoms with van der Waals surface area (Å²) in [6, 6.07) is 11.9. The largest absolute Gasteiger partial charge is 0.465 e. The Morgan fingerprint density at radius 2 is 1.61 bits per heavy atom. The van der Waals surface area contributed by atoms with Crippen LogP contribution in [0.25, 0.3) is 0 Å². The number of hydrogen-bond acceptors (Lipinski definition) is 5. The molecule has 1 N–H and O–H groups in total. The third-order valence-corrected chi connectivity index (χ3v) is 4.63. The number of ether oxygens (including phenoxy) is 1. The van der Waals surface area contributed by atoms with Crippen LogP contribution >= 0.6 is 0 Å². The van der Waals surface area contributed by atoms with Crippen molar-refractivity contribution in [3.8, 4) is 0 Å². The van der Waals surface area contributed by atoms with Gasteiger partial charge in [0.2, 0.25) is 0 Å². The first-order valence-electron chi connectivity index (χ1n) is 6.66. The van der Waals surface area contributed by atoms with Crippen LogP contribution in [0.5, 0.6) is 0 Å². The smallest absolute Gasteiger partial charge is 0.345 e. The summed E-state index contributed by atoms with van der Waals surface area (Å²) in [6.45, 7) is 1.81. The van der Waals surface area contributed by atoms with Gasteiger partial charge in [-0.3, -0.25) is 4.79 Å². The zero-order chi connectivity index (χ0) is 17.0. The fourth-order valence-corrected chi connectivity index (χ4v) is 2.83. The van der Waals surface area contributed by atoms with Crippen LogP contribution in [-0.2, 0) is 14.6 Å². The molecule has 0 aromatic heterocycles. The second-order valence-electron chi connectivity index (χ2n) is 4.77. The highest BCUT2D eigenvalue weighted by atomic mass is 32.2. The molecule has 120 valence electrons. The summed E-state index contributed by atoms with van der Waals surface area (Å²) in [5.41, 5.74) is 1.02. The third kappa shape index (κ3) is 3.57. The summed E-state index contributed by atoms with van der Waals surface area (Å²) in [5, 5.41) is 1.04. The average molecular weight is 333 g/mol. The van der Waals surface area contributed by atoms with Crippen molar-refractivity contribution in [1.29, 1.82) is 0 Å². The molecule has 0 bridgehead atoms. The molecule has 2 aromatic carbocycles. The van der Waals surface area contributed by atoms with Gasteiger partial charge in [-0.25, -0.2) is 13.2 Å². The number of hydrogen-bond donors (Lipinski definition) is 1. The monoisotopic (exact) mass is 333 g/mol. The van der Waals surface area contributed by atoms with Crippen LogP contribution in [0.3, 0.4) is 0 Å². The average Bonchev–Trinajstić information content (AvgIpc) is 2.55. The van der Waals surface area contributed by atoms with Crippen molar-refractivity contribution >= 4 is 26.7 Å².